The van der Waals surface area contributed by atoms with Gasteiger partial charge in [0, 0.05) is 32.6 Å². The predicted molar refractivity (Wildman–Crippen MR) is 59.5 cm³/mol. The molecule has 6 nitrogen and oxygen atoms in total. The summed E-state index contributed by atoms with van der Waals surface area (Å²) in [5.74, 6) is -1.28. The van der Waals surface area contributed by atoms with E-state index in [9.17, 15) is 14.7 Å². The summed E-state index contributed by atoms with van der Waals surface area (Å²) in [6.07, 6.45) is 0.223. The molecule has 2 atom stereocenters. The van der Waals surface area contributed by atoms with Crippen molar-refractivity contribution in [1.29, 1.82) is 0 Å². The van der Waals surface area contributed by atoms with Gasteiger partial charge in [0.15, 0.2) is 0 Å². The molecule has 1 saturated heterocycles. The highest BCUT2D eigenvalue weighted by molar-refractivity contribution is 5.84. The molecule has 0 aliphatic carbocycles. The molecule has 0 aromatic heterocycles. The summed E-state index contributed by atoms with van der Waals surface area (Å²) in [6.45, 7) is 3.09. The normalized spacial score (nSPS) is 24.0. The van der Waals surface area contributed by atoms with Crippen molar-refractivity contribution < 1.29 is 24.5 Å². The lowest BCUT2D eigenvalue weighted by Crippen LogP contribution is -2.40. The van der Waals surface area contributed by atoms with E-state index < -0.39 is 18.1 Å². The lowest BCUT2D eigenvalue weighted by molar-refractivity contribution is -0.148. The maximum atomic E-state index is 11.8. The fourth-order valence-electron chi connectivity index (χ4n) is 1.94. The molecule has 0 aromatic rings. The molecule has 0 unspecified atom stereocenters. The number of carbonyl (C=O) groups excluding carboxylic acids is 1. The largest absolute Gasteiger partial charge is 0.480 e. The van der Waals surface area contributed by atoms with Crippen LogP contribution in [0, 0.1) is 0 Å². The number of amides is 1. The van der Waals surface area contributed by atoms with Crippen LogP contribution in [-0.4, -0.2) is 58.9 Å². The highest BCUT2D eigenvalue weighted by Gasteiger charge is 2.38. The van der Waals surface area contributed by atoms with Gasteiger partial charge in [0.2, 0.25) is 5.91 Å². The molecule has 1 fully saturated rings. The Balaban J connectivity index is 2.41. The summed E-state index contributed by atoms with van der Waals surface area (Å²) in [6, 6.07) is -0.885. The summed E-state index contributed by atoms with van der Waals surface area (Å²) in [4.78, 5) is 23.9. The molecule has 1 rings (SSSR count). The molecule has 1 aliphatic rings. The first-order valence-corrected chi connectivity index (χ1v) is 5.84. The summed E-state index contributed by atoms with van der Waals surface area (Å²) < 4.78 is 5.11. The van der Waals surface area contributed by atoms with Crippen LogP contribution in [0.25, 0.3) is 0 Å². The first kappa shape index (κ1) is 13.9. The SMILES string of the molecule is CCOCCCC(=O)N1C[C@H](O)C[C@H]1C(=O)O. The number of carbonyl (C=O) groups is 2. The van der Waals surface area contributed by atoms with E-state index in [4.69, 9.17) is 9.84 Å². The number of nitrogens with zero attached hydrogens (tertiary/aromatic N) is 1. The van der Waals surface area contributed by atoms with Crippen LogP contribution in [0.15, 0.2) is 0 Å². The Labute approximate surface area is 100 Å². The maximum Gasteiger partial charge on any atom is 0.326 e. The Morgan fingerprint density at radius 1 is 1.47 bits per heavy atom. The highest BCUT2D eigenvalue weighted by Crippen LogP contribution is 2.19. The van der Waals surface area contributed by atoms with Gasteiger partial charge in [-0.05, 0) is 13.3 Å². The van der Waals surface area contributed by atoms with Gasteiger partial charge in [-0.15, -0.1) is 0 Å². The van der Waals surface area contributed by atoms with Crippen LogP contribution < -0.4 is 0 Å². The number of β-amino-alcohol motifs (C(OH)–C–C–N with tert-alkyl or cyclic N) is 1. The van der Waals surface area contributed by atoms with Crippen molar-refractivity contribution in [3.05, 3.63) is 0 Å². The smallest absolute Gasteiger partial charge is 0.326 e. The predicted octanol–water partition coefficient (Wildman–Crippen LogP) is -0.151. The average Bonchev–Trinajstić information content (AvgIpc) is 2.66. The van der Waals surface area contributed by atoms with Gasteiger partial charge in [0.25, 0.3) is 0 Å². The number of aliphatic carboxylic acids is 1. The molecule has 1 aliphatic heterocycles. The van der Waals surface area contributed by atoms with Crippen molar-refractivity contribution in [2.24, 2.45) is 0 Å². The number of rotatable bonds is 6. The zero-order valence-electron chi connectivity index (χ0n) is 9.96. The molecule has 0 spiro atoms. The minimum atomic E-state index is -1.06. The maximum absolute atomic E-state index is 11.8. The summed E-state index contributed by atoms with van der Waals surface area (Å²) in [5, 5.41) is 18.3. The van der Waals surface area contributed by atoms with Crippen LogP contribution in [0.4, 0.5) is 0 Å². The lowest BCUT2D eigenvalue weighted by Gasteiger charge is -2.21. The van der Waals surface area contributed by atoms with Gasteiger partial charge >= 0.3 is 5.97 Å². The van der Waals surface area contributed by atoms with Gasteiger partial charge in [0.05, 0.1) is 6.10 Å². The minimum Gasteiger partial charge on any atom is -0.480 e. The number of aliphatic hydroxyl groups is 1. The van der Waals surface area contributed by atoms with Crippen molar-refractivity contribution in [2.45, 2.75) is 38.3 Å². The van der Waals surface area contributed by atoms with Gasteiger partial charge < -0.3 is 19.8 Å². The standard InChI is InChI=1S/C11H19NO5/c1-2-17-5-3-4-10(14)12-7-8(13)6-9(12)11(15)16/h8-9,13H,2-7H2,1H3,(H,15,16)/t8-,9+/m1/s1. The Morgan fingerprint density at radius 3 is 2.76 bits per heavy atom. The van der Waals surface area contributed by atoms with E-state index in [1.165, 1.54) is 4.90 Å². The van der Waals surface area contributed by atoms with Gasteiger partial charge in [-0.25, -0.2) is 4.79 Å². The number of carboxylic acid groups (broad SMARTS) is 1. The fourth-order valence-corrected chi connectivity index (χ4v) is 1.94. The number of aliphatic hydroxyl groups excluding tert-OH is 1. The van der Waals surface area contributed by atoms with E-state index >= 15 is 0 Å². The molecule has 0 radical (unpaired) electrons. The lowest BCUT2D eigenvalue weighted by atomic mass is 10.2. The molecule has 17 heavy (non-hydrogen) atoms. The quantitative estimate of drug-likeness (QED) is 0.635. The van der Waals surface area contributed by atoms with Gasteiger partial charge in [-0.1, -0.05) is 0 Å². The number of hydrogen-bond acceptors (Lipinski definition) is 4. The second-order valence-electron chi connectivity index (χ2n) is 4.09. The van der Waals surface area contributed by atoms with Crippen LogP contribution >= 0.6 is 0 Å². The highest BCUT2D eigenvalue weighted by atomic mass is 16.5. The van der Waals surface area contributed by atoms with Crippen molar-refractivity contribution in [3.8, 4) is 0 Å². The second kappa shape index (κ2) is 6.56. The minimum absolute atomic E-state index is 0.116. The first-order valence-electron chi connectivity index (χ1n) is 5.84. The van der Waals surface area contributed by atoms with Crippen LogP contribution in [-0.2, 0) is 14.3 Å². The van der Waals surface area contributed by atoms with Gasteiger partial charge in [0.1, 0.15) is 6.04 Å². The molecule has 0 aromatic carbocycles. The van der Waals surface area contributed by atoms with Crippen molar-refractivity contribution >= 4 is 11.9 Å². The summed E-state index contributed by atoms with van der Waals surface area (Å²) in [5.41, 5.74) is 0. The van der Waals surface area contributed by atoms with E-state index in [1.54, 1.807) is 0 Å². The number of carboxylic acids is 1. The van der Waals surface area contributed by atoms with Crippen LogP contribution in [0.5, 0.6) is 0 Å². The molecule has 2 N–H and O–H groups in total. The number of ether oxygens (including phenoxy) is 1. The third-order valence-electron chi connectivity index (χ3n) is 2.77. The number of likely N-dealkylation sites (tertiary alicyclic amines) is 1. The molecular formula is C11H19NO5. The molecule has 98 valence electrons. The van der Waals surface area contributed by atoms with Crippen molar-refractivity contribution in [1.82, 2.24) is 4.90 Å². The third kappa shape index (κ3) is 3.98. The van der Waals surface area contributed by atoms with Crippen LogP contribution in [0.3, 0.4) is 0 Å². The molecule has 0 saturated carbocycles. The fraction of sp³-hybridized carbons (Fsp3) is 0.818. The monoisotopic (exact) mass is 245 g/mol. The van der Waals surface area contributed by atoms with Crippen LogP contribution in [0.2, 0.25) is 0 Å². The molecule has 1 amide bonds. The first-order chi connectivity index (χ1) is 8.06. The summed E-state index contributed by atoms with van der Waals surface area (Å²) in [7, 11) is 0. The van der Waals surface area contributed by atoms with E-state index in [1.807, 2.05) is 6.92 Å². The van der Waals surface area contributed by atoms with Crippen molar-refractivity contribution in [2.75, 3.05) is 19.8 Å². The zero-order chi connectivity index (χ0) is 12.8. The van der Waals surface area contributed by atoms with E-state index in [0.717, 1.165) is 0 Å². The molecular weight excluding hydrogens is 226 g/mol. The van der Waals surface area contributed by atoms with E-state index in [0.29, 0.717) is 19.6 Å². The molecule has 0 bridgehead atoms. The molecule has 6 heteroatoms. The Hall–Kier alpha value is -1.14. The number of hydrogen-bond donors (Lipinski definition) is 2. The van der Waals surface area contributed by atoms with E-state index in [2.05, 4.69) is 0 Å². The van der Waals surface area contributed by atoms with Crippen molar-refractivity contribution in [3.63, 3.8) is 0 Å². The third-order valence-corrected chi connectivity index (χ3v) is 2.77. The second-order valence-corrected chi connectivity index (χ2v) is 4.09. The van der Waals surface area contributed by atoms with Crippen LogP contribution in [0.1, 0.15) is 26.2 Å². The Kier molecular flexibility index (Phi) is 5.37. The Morgan fingerprint density at radius 2 is 2.18 bits per heavy atom. The van der Waals surface area contributed by atoms with E-state index in [-0.39, 0.29) is 25.3 Å². The topological polar surface area (TPSA) is 87.1 Å². The zero-order valence-corrected chi connectivity index (χ0v) is 9.96. The average molecular weight is 245 g/mol. The van der Waals surface area contributed by atoms with Gasteiger partial charge in [-0.2, -0.15) is 0 Å². The van der Waals surface area contributed by atoms with Gasteiger partial charge in [-0.3, -0.25) is 4.79 Å². The molecule has 1 heterocycles. The Bertz CT molecular complexity index is 281. The summed E-state index contributed by atoms with van der Waals surface area (Å²) >= 11 is 0.